The van der Waals surface area contributed by atoms with E-state index in [1.54, 1.807) is 14.2 Å². The minimum Gasteiger partial charge on any atom is -0.493 e. The van der Waals surface area contributed by atoms with Crippen LogP contribution in [0.1, 0.15) is 36.3 Å². The number of hydrogen-bond donors (Lipinski definition) is 1. The average molecular weight is 393 g/mol. The summed E-state index contributed by atoms with van der Waals surface area (Å²) >= 11 is 0. The summed E-state index contributed by atoms with van der Waals surface area (Å²) in [6, 6.07) is 9.83. The summed E-state index contributed by atoms with van der Waals surface area (Å²) in [6.45, 7) is 1.60. The van der Waals surface area contributed by atoms with Gasteiger partial charge in [-0.15, -0.1) is 0 Å². The molecule has 1 N–H and O–H groups in total. The molecular weight excluding hydrogens is 366 g/mol. The number of carbonyl (C=O) groups excluding carboxylic acids is 1. The fourth-order valence-corrected chi connectivity index (χ4v) is 4.17. The van der Waals surface area contributed by atoms with Gasteiger partial charge in [0.1, 0.15) is 0 Å². The number of aromatic amines is 1. The number of nitrogens with zero attached hydrogens (tertiary/aromatic N) is 2. The molecule has 4 rings (SSSR count). The summed E-state index contributed by atoms with van der Waals surface area (Å²) in [4.78, 5) is 22.5. The summed E-state index contributed by atoms with van der Waals surface area (Å²) in [6.07, 6.45) is 7.08. The van der Waals surface area contributed by atoms with E-state index in [2.05, 4.69) is 22.2 Å². The maximum Gasteiger partial charge on any atom is 0.222 e. The molecule has 3 heterocycles. The molecule has 0 saturated carbocycles. The van der Waals surface area contributed by atoms with Crippen molar-refractivity contribution in [1.82, 2.24) is 14.9 Å². The Balaban J connectivity index is 1.32. The van der Waals surface area contributed by atoms with Crippen molar-refractivity contribution in [1.29, 1.82) is 0 Å². The number of rotatable bonds is 6. The first kappa shape index (κ1) is 19.3. The van der Waals surface area contributed by atoms with Gasteiger partial charge in [0.25, 0.3) is 0 Å². The Morgan fingerprint density at radius 2 is 1.97 bits per heavy atom. The van der Waals surface area contributed by atoms with Crippen molar-refractivity contribution < 1.29 is 14.3 Å². The van der Waals surface area contributed by atoms with Crippen molar-refractivity contribution in [2.45, 2.75) is 31.6 Å². The molecule has 0 spiro atoms. The smallest absolute Gasteiger partial charge is 0.222 e. The number of aryl methyl sites for hydroxylation is 1. The number of nitrogens with one attached hydrogen (secondary N) is 1. The number of aromatic nitrogens is 2. The maximum atomic E-state index is 12.7. The molecule has 1 aromatic carbocycles. The number of piperidine rings is 1. The zero-order valence-corrected chi connectivity index (χ0v) is 17.0. The molecule has 0 unspecified atom stereocenters. The number of H-pyrrole nitrogens is 1. The Morgan fingerprint density at radius 1 is 1.17 bits per heavy atom. The van der Waals surface area contributed by atoms with E-state index in [0.29, 0.717) is 30.3 Å². The Kier molecular flexibility index (Phi) is 5.69. The third-order valence-electron chi connectivity index (χ3n) is 5.83. The predicted octanol–water partition coefficient (Wildman–Crippen LogP) is 3.92. The van der Waals surface area contributed by atoms with Gasteiger partial charge in [-0.2, -0.15) is 0 Å². The van der Waals surface area contributed by atoms with E-state index < -0.39 is 0 Å². The second-order valence-electron chi connectivity index (χ2n) is 7.49. The number of benzene rings is 1. The standard InChI is InChI=1S/C23H27N3O3/c1-28-20-7-5-16(14-21(20)29-2)6-8-22(27)26-12-9-17(10-13-26)18-15-25-19-4-3-11-24-23(18)19/h3-5,7,11,14-15,17,25H,6,8-10,12-13H2,1-2H3. The van der Waals surface area contributed by atoms with Gasteiger partial charge >= 0.3 is 0 Å². The Labute approximate surface area is 170 Å². The van der Waals surface area contributed by atoms with Crippen LogP contribution in [-0.4, -0.2) is 48.1 Å². The monoisotopic (exact) mass is 393 g/mol. The lowest BCUT2D eigenvalue weighted by Gasteiger charge is -2.32. The van der Waals surface area contributed by atoms with Crippen molar-refractivity contribution in [2.24, 2.45) is 0 Å². The van der Waals surface area contributed by atoms with E-state index in [9.17, 15) is 4.79 Å². The van der Waals surface area contributed by atoms with E-state index in [-0.39, 0.29) is 5.91 Å². The first-order valence-electron chi connectivity index (χ1n) is 10.1. The van der Waals surface area contributed by atoms with Crippen LogP contribution in [-0.2, 0) is 11.2 Å². The minimum absolute atomic E-state index is 0.218. The van der Waals surface area contributed by atoms with Crippen molar-refractivity contribution in [3.63, 3.8) is 0 Å². The SMILES string of the molecule is COc1ccc(CCC(=O)N2CCC(c3c[nH]c4cccnc34)CC2)cc1OC. The zero-order chi connectivity index (χ0) is 20.2. The van der Waals surface area contributed by atoms with Gasteiger partial charge in [-0.3, -0.25) is 9.78 Å². The molecule has 0 atom stereocenters. The number of carbonyl (C=O) groups is 1. The van der Waals surface area contributed by atoms with Crippen molar-refractivity contribution in [3.05, 3.63) is 53.9 Å². The number of methoxy groups -OCH3 is 2. The topological polar surface area (TPSA) is 67.5 Å². The van der Waals surface area contributed by atoms with Gasteiger partial charge in [-0.1, -0.05) is 6.07 Å². The van der Waals surface area contributed by atoms with Gasteiger partial charge in [0.15, 0.2) is 11.5 Å². The lowest BCUT2D eigenvalue weighted by molar-refractivity contribution is -0.132. The number of hydrogen-bond acceptors (Lipinski definition) is 4. The third-order valence-corrected chi connectivity index (χ3v) is 5.83. The van der Waals surface area contributed by atoms with E-state index in [4.69, 9.17) is 9.47 Å². The normalized spacial score (nSPS) is 14.9. The highest BCUT2D eigenvalue weighted by Gasteiger charge is 2.25. The van der Waals surface area contributed by atoms with E-state index in [1.807, 2.05) is 35.4 Å². The molecular formula is C23H27N3O3. The molecule has 0 bridgehead atoms. The van der Waals surface area contributed by atoms with Crippen LogP contribution in [0.25, 0.3) is 11.0 Å². The summed E-state index contributed by atoms with van der Waals surface area (Å²) in [5.74, 6) is 2.07. The van der Waals surface area contributed by atoms with Gasteiger partial charge in [0.2, 0.25) is 5.91 Å². The van der Waals surface area contributed by atoms with Crippen LogP contribution in [0.2, 0.25) is 0 Å². The van der Waals surface area contributed by atoms with E-state index in [0.717, 1.165) is 42.5 Å². The fraction of sp³-hybridized carbons (Fsp3) is 0.391. The van der Waals surface area contributed by atoms with Gasteiger partial charge < -0.3 is 19.4 Å². The fourth-order valence-electron chi connectivity index (χ4n) is 4.17. The maximum absolute atomic E-state index is 12.7. The van der Waals surface area contributed by atoms with Gasteiger partial charge in [0.05, 0.1) is 25.3 Å². The van der Waals surface area contributed by atoms with Gasteiger partial charge in [-0.25, -0.2) is 0 Å². The molecule has 152 valence electrons. The highest BCUT2D eigenvalue weighted by atomic mass is 16.5. The van der Waals surface area contributed by atoms with Crippen LogP contribution >= 0.6 is 0 Å². The molecule has 3 aromatic rings. The molecule has 1 amide bonds. The number of fused-ring (bicyclic) bond motifs is 1. The first-order valence-corrected chi connectivity index (χ1v) is 10.1. The lowest BCUT2D eigenvalue weighted by atomic mass is 9.90. The number of ether oxygens (including phenoxy) is 2. The summed E-state index contributed by atoms with van der Waals surface area (Å²) in [5.41, 5.74) is 4.50. The molecule has 1 saturated heterocycles. The van der Waals surface area contributed by atoms with Crippen LogP contribution in [0, 0.1) is 0 Å². The molecule has 1 aliphatic heterocycles. The Morgan fingerprint density at radius 3 is 2.72 bits per heavy atom. The quantitative estimate of drug-likeness (QED) is 0.689. The Hall–Kier alpha value is -3.02. The van der Waals surface area contributed by atoms with Crippen LogP contribution in [0.4, 0.5) is 0 Å². The largest absolute Gasteiger partial charge is 0.493 e. The van der Waals surface area contributed by atoms with Crippen LogP contribution in [0.15, 0.2) is 42.7 Å². The zero-order valence-electron chi connectivity index (χ0n) is 17.0. The van der Waals surface area contributed by atoms with Crippen molar-refractivity contribution >= 4 is 16.9 Å². The third kappa shape index (κ3) is 4.06. The molecule has 0 aliphatic carbocycles. The van der Waals surface area contributed by atoms with Crippen LogP contribution in [0.5, 0.6) is 11.5 Å². The predicted molar refractivity (Wildman–Crippen MR) is 113 cm³/mol. The van der Waals surface area contributed by atoms with Gasteiger partial charge in [0, 0.05) is 31.9 Å². The lowest BCUT2D eigenvalue weighted by Crippen LogP contribution is -2.38. The van der Waals surface area contributed by atoms with Crippen molar-refractivity contribution in [2.75, 3.05) is 27.3 Å². The second kappa shape index (κ2) is 8.55. The summed E-state index contributed by atoms with van der Waals surface area (Å²) < 4.78 is 10.6. The van der Waals surface area contributed by atoms with Crippen molar-refractivity contribution in [3.8, 4) is 11.5 Å². The summed E-state index contributed by atoms with van der Waals surface area (Å²) in [5, 5.41) is 0. The highest BCUT2D eigenvalue weighted by Crippen LogP contribution is 2.32. The minimum atomic E-state index is 0.218. The average Bonchev–Trinajstić information content (AvgIpc) is 3.21. The number of amides is 1. The second-order valence-corrected chi connectivity index (χ2v) is 7.49. The van der Waals surface area contributed by atoms with E-state index in [1.165, 1.54) is 5.56 Å². The molecule has 29 heavy (non-hydrogen) atoms. The molecule has 0 radical (unpaired) electrons. The highest BCUT2D eigenvalue weighted by molar-refractivity contribution is 5.79. The molecule has 6 nitrogen and oxygen atoms in total. The molecule has 1 aliphatic rings. The molecule has 1 fully saturated rings. The van der Waals surface area contributed by atoms with Crippen LogP contribution < -0.4 is 9.47 Å². The molecule has 6 heteroatoms. The Bertz CT molecular complexity index is 990. The summed E-state index contributed by atoms with van der Waals surface area (Å²) in [7, 11) is 3.25. The van der Waals surface area contributed by atoms with Gasteiger partial charge in [-0.05, 0) is 60.6 Å². The van der Waals surface area contributed by atoms with E-state index >= 15 is 0 Å². The molecule has 2 aromatic heterocycles. The number of pyridine rings is 1. The number of likely N-dealkylation sites (tertiary alicyclic amines) is 1. The first-order chi connectivity index (χ1) is 14.2. The van der Waals surface area contributed by atoms with Crippen LogP contribution in [0.3, 0.4) is 0 Å².